The quantitative estimate of drug-likeness (QED) is 0.200. The van der Waals surface area contributed by atoms with Crippen molar-refractivity contribution in [2.45, 2.75) is 33.1 Å². The average Bonchev–Trinajstić information content (AvgIpc) is 3.25. The molecule has 0 saturated carbocycles. The van der Waals surface area contributed by atoms with E-state index in [0.29, 0.717) is 43.7 Å². The van der Waals surface area contributed by atoms with Crippen LogP contribution < -0.4 is 10.6 Å². The van der Waals surface area contributed by atoms with Crippen LogP contribution in [0.3, 0.4) is 0 Å². The molecule has 1 atom stereocenters. The number of carbonyl (C=O) groups excluding carboxylic acids is 2. The van der Waals surface area contributed by atoms with Gasteiger partial charge in [0.1, 0.15) is 5.00 Å². The van der Waals surface area contributed by atoms with E-state index in [1.165, 1.54) is 11.3 Å². The lowest BCUT2D eigenvalue weighted by Crippen LogP contribution is -2.34. The molecule has 2 aromatic heterocycles. The fourth-order valence-corrected chi connectivity index (χ4v) is 6.48. The maximum absolute atomic E-state index is 13.5. The van der Waals surface area contributed by atoms with E-state index >= 15 is 0 Å². The van der Waals surface area contributed by atoms with Gasteiger partial charge in [-0.3, -0.25) is 10.1 Å². The van der Waals surface area contributed by atoms with Crippen LogP contribution in [0, 0.1) is 5.92 Å². The molecule has 38 heavy (non-hydrogen) atoms. The van der Waals surface area contributed by atoms with Crippen LogP contribution in [-0.4, -0.2) is 28.6 Å². The molecule has 0 bridgehead atoms. The molecule has 1 amide bonds. The van der Waals surface area contributed by atoms with Crippen LogP contribution in [0.4, 0.5) is 5.00 Å². The molecule has 5 rings (SSSR count). The van der Waals surface area contributed by atoms with Crippen molar-refractivity contribution in [2.24, 2.45) is 5.92 Å². The van der Waals surface area contributed by atoms with Gasteiger partial charge in [-0.05, 0) is 74.2 Å². The zero-order valence-electron chi connectivity index (χ0n) is 21.0. The number of pyridine rings is 1. The summed E-state index contributed by atoms with van der Waals surface area (Å²) in [6, 6.07) is 16.5. The van der Waals surface area contributed by atoms with E-state index in [9.17, 15) is 9.59 Å². The number of aromatic nitrogens is 1. The Morgan fingerprint density at radius 2 is 1.95 bits per heavy atom. The van der Waals surface area contributed by atoms with Gasteiger partial charge in [0.25, 0.3) is 5.91 Å². The summed E-state index contributed by atoms with van der Waals surface area (Å²) in [5.41, 5.74) is 4.16. The van der Waals surface area contributed by atoms with Gasteiger partial charge >= 0.3 is 5.97 Å². The number of esters is 1. The standard InChI is InChI=1S/C29H26ClN3O3S2/c1-3-36-28(35)25-20-13-8-16(2)14-24(20)38-27(25)33-29(37)32-26(34)21-15-23(17-9-11-18(30)12-10-17)31-22-7-5-4-6-19(21)22/h4-7,9-12,15-16H,3,8,13-14H2,1-2H3,(H2,32,33,34,37). The molecule has 0 radical (unpaired) electrons. The third-order valence-electron chi connectivity index (χ3n) is 6.55. The minimum atomic E-state index is -0.371. The predicted octanol–water partition coefficient (Wildman–Crippen LogP) is 7.05. The van der Waals surface area contributed by atoms with Crippen LogP contribution in [0.25, 0.3) is 22.2 Å². The summed E-state index contributed by atoms with van der Waals surface area (Å²) >= 11 is 13.1. The molecule has 9 heteroatoms. The molecule has 1 unspecified atom stereocenters. The molecule has 2 N–H and O–H groups in total. The maximum Gasteiger partial charge on any atom is 0.341 e. The smallest absolute Gasteiger partial charge is 0.341 e. The Morgan fingerprint density at radius 3 is 2.71 bits per heavy atom. The third kappa shape index (κ3) is 5.43. The number of amides is 1. The van der Waals surface area contributed by atoms with Gasteiger partial charge < -0.3 is 10.1 Å². The van der Waals surface area contributed by atoms with Crippen molar-refractivity contribution in [2.75, 3.05) is 11.9 Å². The van der Waals surface area contributed by atoms with E-state index < -0.39 is 0 Å². The van der Waals surface area contributed by atoms with Gasteiger partial charge in [0, 0.05) is 20.8 Å². The van der Waals surface area contributed by atoms with Crippen molar-refractivity contribution in [1.29, 1.82) is 0 Å². The first-order chi connectivity index (χ1) is 18.3. The normalized spacial score (nSPS) is 14.6. The Bertz CT molecular complexity index is 1550. The summed E-state index contributed by atoms with van der Waals surface area (Å²) in [5, 5.41) is 7.95. The lowest BCUT2D eigenvalue weighted by molar-refractivity contribution is 0.0526. The zero-order valence-corrected chi connectivity index (χ0v) is 23.4. The van der Waals surface area contributed by atoms with Gasteiger partial charge in [0.15, 0.2) is 5.11 Å². The van der Waals surface area contributed by atoms with Gasteiger partial charge in [-0.1, -0.05) is 48.9 Å². The van der Waals surface area contributed by atoms with Crippen molar-refractivity contribution in [3.8, 4) is 11.3 Å². The van der Waals surface area contributed by atoms with Gasteiger partial charge in [-0.2, -0.15) is 0 Å². The fraction of sp³-hybridized carbons (Fsp3) is 0.241. The van der Waals surface area contributed by atoms with Gasteiger partial charge in [0.05, 0.1) is 28.9 Å². The number of ether oxygens (including phenoxy) is 1. The van der Waals surface area contributed by atoms with Crippen molar-refractivity contribution in [3.63, 3.8) is 0 Å². The van der Waals surface area contributed by atoms with Crippen LogP contribution in [-0.2, 0) is 17.6 Å². The van der Waals surface area contributed by atoms with Gasteiger partial charge in [-0.15, -0.1) is 11.3 Å². The maximum atomic E-state index is 13.5. The van der Waals surface area contributed by atoms with E-state index in [1.54, 1.807) is 25.1 Å². The summed E-state index contributed by atoms with van der Waals surface area (Å²) < 4.78 is 5.34. The molecule has 2 heterocycles. The fourth-order valence-electron chi connectivity index (χ4n) is 4.69. The molecule has 4 aromatic rings. The number of thiocarbonyl (C=S) groups is 1. The Hall–Kier alpha value is -3.33. The summed E-state index contributed by atoms with van der Waals surface area (Å²) in [6.45, 7) is 4.28. The first kappa shape index (κ1) is 26.3. The van der Waals surface area contributed by atoms with Crippen molar-refractivity contribution < 1.29 is 14.3 Å². The molecule has 0 fully saturated rings. The van der Waals surface area contributed by atoms with E-state index in [1.807, 2.05) is 36.4 Å². The summed E-state index contributed by atoms with van der Waals surface area (Å²) in [7, 11) is 0. The molecule has 0 saturated heterocycles. The second kappa shape index (κ2) is 11.2. The average molecular weight is 564 g/mol. The van der Waals surface area contributed by atoms with E-state index in [2.05, 4.69) is 17.6 Å². The van der Waals surface area contributed by atoms with Crippen LogP contribution in [0.5, 0.6) is 0 Å². The van der Waals surface area contributed by atoms with Crippen molar-refractivity contribution >= 4 is 68.0 Å². The van der Waals surface area contributed by atoms with Crippen LogP contribution in [0.2, 0.25) is 5.02 Å². The van der Waals surface area contributed by atoms with Crippen molar-refractivity contribution in [3.05, 3.63) is 81.2 Å². The number of hydrogen-bond acceptors (Lipinski definition) is 6. The minimum Gasteiger partial charge on any atom is -0.462 e. The summed E-state index contributed by atoms with van der Waals surface area (Å²) in [6.07, 6.45) is 2.74. The van der Waals surface area contributed by atoms with E-state index in [-0.39, 0.29) is 23.6 Å². The number of nitrogens with one attached hydrogen (secondary N) is 2. The second-order valence-corrected chi connectivity index (χ2v) is 11.2. The number of para-hydroxylation sites is 1. The highest BCUT2D eigenvalue weighted by Crippen LogP contribution is 2.40. The number of benzene rings is 2. The number of rotatable bonds is 5. The molecule has 1 aliphatic carbocycles. The third-order valence-corrected chi connectivity index (χ3v) is 8.17. The monoisotopic (exact) mass is 563 g/mol. The largest absolute Gasteiger partial charge is 0.462 e. The first-order valence-corrected chi connectivity index (χ1v) is 14.0. The second-order valence-electron chi connectivity index (χ2n) is 9.26. The molecule has 6 nitrogen and oxygen atoms in total. The topological polar surface area (TPSA) is 80.3 Å². The molecule has 0 aliphatic heterocycles. The highest BCUT2D eigenvalue weighted by Gasteiger charge is 2.29. The highest BCUT2D eigenvalue weighted by atomic mass is 35.5. The Morgan fingerprint density at radius 1 is 1.18 bits per heavy atom. The molecule has 0 spiro atoms. The number of carbonyl (C=O) groups is 2. The molecular weight excluding hydrogens is 538 g/mol. The molecule has 2 aromatic carbocycles. The minimum absolute atomic E-state index is 0.112. The highest BCUT2D eigenvalue weighted by molar-refractivity contribution is 7.80. The Kier molecular flexibility index (Phi) is 7.74. The van der Waals surface area contributed by atoms with Gasteiger partial charge in [0.2, 0.25) is 0 Å². The number of hydrogen-bond donors (Lipinski definition) is 2. The first-order valence-electron chi connectivity index (χ1n) is 12.4. The number of thiophene rings is 1. The lowest BCUT2D eigenvalue weighted by Gasteiger charge is -2.18. The summed E-state index contributed by atoms with van der Waals surface area (Å²) in [4.78, 5) is 32.2. The summed E-state index contributed by atoms with van der Waals surface area (Å²) in [5.74, 6) is -0.196. The number of anilines is 1. The molecular formula is C29H26ClN3O3S2. The predicted molar refractivity (Wildman–Crippen MR) is 157 cm³/mol. The lowest BCUT2D eigenvalue weighted by atomic mass is 9.88. The Balaban J connectivity index is 1.43. The zero-order chi connectivity index (χ0) is 26.8. The van der Waals surface area contributed by atoms with Crippen LogP contribution in [0.1, 0.15) is 51.4 Å². The number of halogens is 1. The number of nitrogens with zero attached hydrogens (tertiary/aromatic N) is 1. The van der Waals surface area contributed by atoms with E-state index in [4.69, 9.17) is 33.5 Å². The van der Waals surface area contributed by atoms with Crippen molar-refractivity contribution in [1.82, 2.24) is 10.3 Å². The van der Waals surface area contributed by atoms with Crippen LogP contribution >= 0.6 is 35.2 Å². The molecule has 1 aliphatic rings. The molecule has 194 valence electrons. The van der Waals surface area contributed by atoms with Gasteiger partial charge in [-0.25, -0.2) is 9.78 Å². The number of fused-ring (bicyclic) bond motifs is 2. The van der Waals surface area contributed by atoms with E-state index in [0.717, 1.165) is 35.3 Å². The Labute approximate surface area is 235 Å². The van der Waals surface area contributed by atoms with Crippen LogP contribution in [0.15, 0.2) is 54.6 Å². The SMILES string of the molecule is CCOC(=O)c1c(NC(=S)NC(=O)c2cc(-c3ccc(Cl)cc3)nc3ccccc23)sc2c1CCC(C)C2.